The first-order valence-corrected chi connectivity index (χ1v) is 10.2. The zero-order chi connectivity index (χ0) is 21.1. The van der Waals surface area contributed by atoms with Crippen LogP contribution in [0.15, 0.2) is 54.0 Å². The summed E-state index contributed by atoms with van der Waals surface area (Å²) in [5.41, 5.74) is 3.35. The van der Waals surface area contributed by atoms with Crippen LogP contribution in [0.5, 0.6) is 0 Å². The van der Waals surface area contributed by atoms with Gasteiger partial charge in [0.1, 0.15) is 5.56 Å². The molecule has 7 nitrogen and oxygen atoms in total. The van der Waals surface area contributed by atoms with Crippen LogP contribution in [0, 0.1) is 19.8 Å². The number of aromatic nitrogens is 4. The summed E-state index contributed by atoms with van der Waals surface area (Å²) < 4.78 is 1.53. The highest BCUT2D eigenvalue weighted by molar-refractivity contribution is 5.95. The van der Waals surface area contributed by atoms with E-state index >= 15 is 0 Å². The second kappa shape index (κ2) is 8.57. The molecule has 30 heavy (non-hydrogen) atoms. The van der Waals surface area contributed by atoms with E-state index in [9.17, 15) is 9.59 Å². The lowest BCUT2D eigenvalue weighted by molar-refractivity contribution is 0.0784. The van der Waals surface area contributed by atoms with Crippen molar-refractivity contribution in [2.24, 2.45) is 5.92 Å². The Bertz CT molecular complexity index is 1090. The Morgan fingerprint density at radius 2 is 2.03 bits per heavy atom. The van der Waals surface area contributed by atoms with Crippen LogP contribution >= 0.6 is 0 Å². The molecule has 3 aromatic rings. The molecule has 0 aliphatic carbocycles. The van der Waals surface area contributed by atoms with Gasteiger partial charge in [0.2, 0.25) is 0 Å². The second-order valence-corrected chi connectivity index (χ2v) is 7.93. The normalized spacial score (nSPS) is 16.1. The minimum Gasteiger partial charge on any atom is -0.338 e. The number of hydrogen-bond acceptors (Lipinski definition) is 5. The van der Waals surface area contributed by atoms with Gasteiger partial charge in [0.15, 0.2) is 0 Å². The minimum absolute atomic E-state index is 0.185. The van der Waals surface area contributed by atoms with Gasteiger partial charge in [0, 0.05) is 37.9 Å². The van der Waals surface area contributed by atoms with Crippen LogP contribution in [0.25, 0.3) is 0 Å². The molecule has 0 spiro atoms. The third-order valence-corrected chi connectivity index (χ3v) is 5.57. The molecule has 1 unspecified atom stereocenters. The largest absolute Gasteiger partial charge is 0.338 e. The van der Waals surface area contributed by atoms with E-state index in [4.69, 9.17) is 0 Å². The molecule has 1 saturated heterocycles. The van der Waals surface area contributed by atoms with E-state index in [-0.39, 0.29) is 23.6 Å². The van der Waals surface area contributed by atoms with Gasteiger partial charge in [-0.1, -0.05) is 6.07 Å². The lowest BCUT2D eigenvalue weighted by Crippen LogP contribution is -2.36. The number of nitrogens with zero attached hydrogens (tertiary/aromatic N) is 5. The molecule has 0 bridgehead atoms. The van der Waals surface area contributed by atoms with Crippen molar-refractivity contribution >= 4 is 5.91 Å². The number of carbonyl (C=O) groups excluding carboxylic acids is 1. The Balaban J connectivity index is 1.51. The van der Waals surface area contributed by atoms with Crippen molar-refractivity contribution in [1.29, 1.82) is 0 Å². The summed E-state index contributed by atoms with van der Waals surface area (Å²) in [6.45, 7) is 5.29. The summed E-state index contributed by atoms with van der Waals surface area (Å²) in [5, 5.41) is 0. The van der Waals surface area contributed by atoms with Crippen LogP contribution in [-0.4, -0.2) is 43.4 Å². The Morgan fingerprint density at radius 3 is 2.77 bits per heavy atom. The molecule has 154 valence electrons. The summed E-state index contributed by atoms with van der Waals surface area (Å²) in [5.74, 6) is 0.197. The highest BCUT2D eigenvalue weighted by Gasteiger charge is 2.29. The standard InChI is InChI=1S/C23H25N5O2/c1-16-5-8-28(15-20-13-25-17(2)11-26-20)23(30)21(16)22(29)27-9-6-19(14-27)10-18-4-3-7-24-12-18/h3-5,7-8,11-13,19H,6,9-10,14-15H2,1-2H3. The third kappa shape index (κ3) is 4.30. The van der Waals surface area contributed by atoms with Crippen molar-refractivity contribution < 1.29 is 4.79 Å². The highest BCUT2D eigenvalue weighted by atomic mass is 16.2. The molecule has 0 saturated carbocycles. The molecular formula is C23H25N5O2. The van der Waals surface area contributed by atoms with Gasteiger partial charge >= 0.3 is 0 Å². The van der Waals surface area contributed by atoms with E-state index in [0.717, 1.165) is 18.5 Å². The Hall–Kier alpha value is -3.35. The Kier molecular flexibility index (Phi) is 5.70. The van der Waals surface area contributed by atoms with Crippen LogP contribution in [0.2, 0.25) is 0 Å². The van der Waals surface area contributed by atoms with E-state index in [1.807, 2.05) is 32.2 Å². The predicted molar refractivity (Wildman–Crippen MR) is 113 cm³/mol. The number of carbonyl (C=O) groups is 1. The van der Waals surface area contributed by atoms with Crippen LogP contribution < -0.4 is 5.56 Å². The fourth-order valence-corrected chi connectivity index (χ4v) is 3.92. The van der Waals surface area contributed by atoms with Gasteiger partial charge in [-0.25, -0.2) is 0 Å². The maximum absolute atomic E-state index is 13.2. The van der Waals surface area contributed by atoms with Crippen LogP contribution in [0.1, 0.15) is 39.3 Å². The quantitative estimate of drug-likeness (QED) is 0.653. The number of hydrogen-bond donors (Lipinski definition) is 0. The van der Waals surface area contributed by atoms with Crippen molar-refractivity contribution in [2.75, 3.05) is 13.1 Å². The molecule has 4 heterocycles. The molecule has 1 aliphatic rings. The lowest BCUT2D eigenvalue weighted by Gasteiger charge is -2.18. The number of pyridine rings is 2. The molecule has 1 amide bonds. The number of rotatable bonds is 5. The van der Waals surface area contributed by atoms with Crippen molar-refractivity contribution in [3.05, 3.63) is 87.6 Å². The average Bonchev–Trinajstić information content (AvgIpc) is 3.21. The SMILES string of the molecule is Cc1cnc(Cn2ccc(C)c(C(=O)N3CCC(Cc4cccnc4)C3)c2=O)cn1. The molecule has 4 rings (SSSR count). The van der Waals surface area contributed by atoms with E-state index < -0.39 is 0 Å². The highest BCUT2D eigenvalue weighted by Crippen LogP contribution is 2.22. The summed E-state index contributed by atoms with van der Waals surface area (Å²) >= 11 is 0. The fourth-order valence-electron chi connectivity index (χ4n) is 3.92. The zero-order valence-corrected chi connectivity index (χ0v) is 17.3. The van der Waals surface area contributed by atoms with E-state index in [0.29, 0.717) is 30.3 Å². The van der Waals surface area contributed by atoms with Gasteiger partial charge in [0.05, 0.1) is 24.1 Å². The second-order valence-electron chi connectivity index (χ2n) is 7.93. The molecule has 0 aromatic carbocycles. The van der Waals surface area contributed by atoms with Crippen LogP contribution in [0.3, 0.4) is 0 Å². The van der Waals surface area contributed by atoms with Crippen LogP contribution in [0.4, 0.5) is 0 Å². The first-order valence-electron chi connectivity index (χ1n) is 10.2. The summed E-state index contributed by atoms with van der Waals surface area (Å²) in [6, 6.07) is 5.81. The minimum atomic E-state index is -0.280. The van der Waals surface area contributed by atoms with E-state index in [1.165, 1.54) is 10.1 Å². The Labute approximate surface area is 175 Å². The molecule has 7 heteroatoms. The van der Waals surface area contributed by atoms with Crippen LogP contribution in [-0.2, 0) is 13.0 Å². The maximum atomic E-state index is 13.2. The third-order valence-electron chi connectivity index (χ3n) is 5.57. The first-order chi connectivity index (χ1) is 14.5. The van der Waals surface area contributed by atoms with Gasteiger partial charge in [-0.05, 0) is 55.9 Å². The summed E-state index contributed by atoms with van der Waals surface area (Å²) in [6.07, 6.45) is 10.5. The van der Waals surface area contributed by atoms with Gasteiger partial charge in [-0.2, -0.15) is 0 Å². The number of likely N-dealkylation sites (tertiary alicyclic amines) is 1. The van der Waals surface area contributed by atoms with Crippen molar-refractivity contribution in [1.82, 2.24) is 24.4 Å². The van der Waals surface area contributed by atoms with Gasteiger partial charge in [-0.3, -0.25) is 24.5 Å². The van der Waals surface area contributed by atoms with Gasteiger partial charge in [-0.15, -0.1) is 0 Å². The first kappa shape index (κ1) is 19.9. The molecule has 1 aliphatic heterocycles. The number of aryl methyl sites for hydroxylation is 2. The topological polar surface area (TPSA) is 81.0 Å². The average molecular weight is 403 g/mol. The van der Waals surface area contributed by atoms with Crippen molar-refractivity contribution in [3.8, 4) is 0 Å². The lowest BCUT2D eigenvalue weighted by atomic mass is 10.00. The van der Waals surface area contributed by atoms with E-state index in [2.05, 4.69) is 21.0 Å². The Morgan fingerprint density at radius 1 is 1.17 bits per heavy atom. The van der Waals surface area contributed by atoms with Gasteiger partial charge < -0.3 is 9.47 Å². The zero-order valence-electron chi connectivity index (χ0n) is 17.3. The van der Waals surface area contributed by atoms with Crippen molar-refractivity contribution in [2.45, 2.75) is 33.2 Å². The number of amides is 1. The maximum Gasteiger partial charge on any atom is 0.264 e. The summed E-state index contributed by atoms with van der Waals surface area (Å²) in [7, 11) is 0. The fraction of sp³-hybridized carbons (Fsp3) is 0.348. The molecule has 1 atom stereocenters. The molecule has 3 aromatic heterocycles. The molecule has 1 fully saturated rings. The van der Waals surface area contributed by atoms with Gasteiger partial charge in [0.25, 0.3) is 11.5 Å². The molecule has 0 N–H and O–H groups in total. The molecule has 0 radical (unpaired) electrons. The smallest absolute Gasteiger partial charge is 0.264 e. The van der Waals surface area contributed by atoms with Crippen molar-refractivity contribution in [3.63, 3.8) is 0 Å². The summed E-state index contributed by atoms with van der Waals surface area (Å²) in [4.78, 5) is 40.8. The van der Waals surface area contributed by atoms with E-state index in [1.54, 1.807) is 29.7 Å². The predicted octanol–water partition coefficient (Wildman–Crippen LogP) is 2.40. The molecular weight excluding hydrogens is 378 g/mol. The monoisotopic (exact) mass is 403 g/mol.